The van der Waals surface area contributed by atoms with Crippen LogP contribution in [0, 0.1) is 5.82 Å². The number of rotatable bonds is 3. The molecule has 0 saturated carbocycles. The van der Waals surface area contributed by atoms with Crippen LogP contribution in [0.4, 0.5) is 10.1 Å². The van der Waals surface area contributed by atoms with Crippen molar-refractivity contribution in [3.63, 3.8) is 0 Å². The van der Waals surface area contributed by atoms with Gasteiger partial charge in [-0.2, -0.15) is 5.10 Å². The van der Waals surface area contributed by atoms with E-state index in [1.165, 1.54) is 35.4 Å². The van der Waals surface area contributed by atoms with Gasteiger partial charge in [0, 0.05) is 23.6 Å². The molecule has 3 aromatic rings. The van der Waals surface area contributed by atoms with Gasteiger partial charge in [-0.1, -0.05) is 6.58 Å². The summed E-state index contributed by atoms with van der Waals surface area (Å²) in [5.74, 6) is -0.609. The summed E-state index contributed by atoms with van der Waals surface area (Å²) in [6.45, 7) is 3.66. The van der Waals surface area contributed by atoms with Gasteiger partial charge in [0.2, 0.25) is 0 Å². The van der Waals surface area contributed by atoms with Crippen LogP contribution in [-0.4, -0.2) is 15.5 Å². The van der Waals surface area contributed by atoms with E-state index >= 15 is 0 Å². The molecule has 0 aliphatic heterocycles. The van der Waals surface area contributed by atoms with Gasteiger partial charge in [0.05, 0.1) is 16.2 Å². The highest BCUT2D eigenvalue weighted by molar-refractivity contribution is 9.10. The molecule has 3 rings (SSSR count). The molecular formula is C16H11BrFN3O. The minimum Gasteiger partial charge on any atom is -0.284 e. The first-order valence-corrected chi connectivity index (χ1v) is 7.24. The van der Waals surface area contributed by atoms with E-state index in [1.54, 1.807) is 29.0 Å². The number of nitrogens with zero attached hydrogens (tertiary/aromatic N) is 3. The molecule has 0 aliphatic carbocycles. The Morgan fingerprint density at radius 1 is 1.32 bits per heavy atom. The molecule has 0 atom stereocenters. The second-order valence-electron chi connectivity index (χ2n) is 4.57. The number of hydrogen-bond acceptors (Lipinski definition) is 2. The zero-order valence-corrected chi connectivity index (χ0v) is 13.0. The van der Waals surface area contributed by atoms with Gasteiger partial charge in [0.15, 0.2) is 0 Å². The maximum atomic E-state index is 13.0. The number of aromatic nitrogens is 2. The van der Waals surface area contributed by atoms with Crippen LogP contribution in [-0.2, 0) is 0 Å². The Labute approximate surface area is 134 Å². The van der Waals surface area contributed by atoms with Crippen molar-refractivity contribution in [2.24, 2.45) is 0 Å². The molecule has 22 heavy (non-hydrogen) atoms. The summed E-state index contributed by atoms with van der Waals surface area (Å²) in [6, 6.07) is 9.07. The van der Waals surface area contributed by atoms with E-state index < -0.39 is 0 Å². The molecule has 2 heterocycles. The van der Waals surface area contributed by atoms with Crippen LogP contribution in [0.2, 0.25) is 0 Å². The van der Waals surface area contributed by atoms with Gasteiger partial charge >= 0.3 is 0 Å². The van der Waals surface area contributed by atoms with Crippen LogP contribution >= 0.6 is 15.9 Å². The summed E-state index contributed by atoms with van der Waals surface area (Å²) in [4.78, 5) is 14.0. The number of halogens is 2. The minimum absolute atomic E-state index is 0.253. The van der Waals surface area contributed by atoms with Crippen molar-refractivity contribution in [1.29, 1.82) is 0 Å². The molecule has 2 aromatic heterocycles. The van der Waals surface area contributed by atoms with Crippen LogP contribution < -0.4 is 4.90 Å². The Morgan fingerprint density at radius 2 is 2.05 bits per heavy atom. The molecule has 6 heteroatoms. The highest BCUT2D eigenvalue weighted by Crippen LogP contribution is 2.22. The van der Waals surface area contributed by atoms with Crippen molar-refractivity contribution in [1.82, 2.24) is 9.61 Å². The fourth-order valence-corrected chi connectivity index (χ4v) is 2.52. The van der Waals surface area contributed by atoms with Crippen LogP contribution in [0.5, 0.6) is 0 Å². The molecule has 110 valence electrons. The highest BCUT2D eigenvalue weighted by Gasteiger charge is 2.16. The molecule has 0 saturated heterocycles. The van der Waals surface area contributed by atoms with E-state index in [4.69, 9.17) is 0 Å². The van der Waals surface area contributed by atoms with E-state index in [0.717, 1.165) is 9.99 Å². The Balaban J connectivity index is 2.00. The third-order valence-corrected chi connectivity index (χ3v) is 3.84. The zero-order valence-electron chi connectivity index (χ0n) is 11.4. The summed E-state index contributed by atoms with van der Waals surface area (Å²) >= 11 is 3.39. The average molecular weight is 360 g/mol. The molecule has 0 bridgehead atoms. The first-order chi connectivity index (χ1) is 10.6. The van der Waals surface area contributed by atoms with Gasteiger partial charge in [0.1, 0.15) is 5.82 Å². The van der Waals surface area contributed by atoms with Crippen LogP contribution in [0.25, 0.3) is 5.52 Å². The SMILES string of the molecule is C=CN(C(=O)c1ccn2ncc(Br)c2c1)c1ccc(F)cc1. The number of amides is 1. The third-order valence-electron chi connectivity index (χ3n) is 3.23. The number of fused-ring (bicyclic) bond motifs is 1. The van der Waals surface area contributed by atoms with Crippen molar-refractivity contribution in [2.75, 3.05) is 4.90 Å². The number of benzene rings is 1. The second-order valence-corrected chi connectivity index (χ2v) is 5.43. The van der Waals surface area contributed by atoms with Gasteiger partial charge in [0.25, 0.3) is 5.91 Å². The number of hydrogen-bond donors (Lipinski definition) is 0. The first kappa shape index (κ1) is 14.5. The quantitative estimate of drug-likeness (QED) is 0.707. The number of pyridine rings is 1. The lowest BCUT2D eigenvalue weighted by Gasteiger charge is -2.18. The van der Waals surface area contributed by atoms with E-state index in [-0.39, 0.29) is 11.7 Å². The van der Waals surface area contributed by atoms with Crippen molar-refractivity contribution < 1.29 is 9.18 Å². The van der Waals surface area contributed by atoms with Crippen LogP contribution in [0.15, 0.2) is 66.0 Å². The van der Waals surface area contributed by atoms with E-state index in [0.29, 0.717) is 11.3 Å². The van der Waals surface area contributed by atoms with Crippen molar-refractivity contribution in [3.05, 3.63) is 77.4 Å². The van der Waals surface area contributed by atoms with E-state index in [9.17, 15) is 9.18 Å². The Bertz CT molecular complexity index is 857. The van der Waals surface area contributed by atoms with E-state index in [1.807, 2.05) is 0 Å². The van der Waals surface area contributed by atoms with Crippen molar-refractivity contribution >= 4 is 33.0 Å². The van der Waals surface area contributed by atoms with Crippen LogP contribution in [0.3, 0.4) is 0 Å². The Morgan fingerprint density at radius 3 is 2.73 bits per heavy atom. The number of carbonyl (C=O) groups excluding carboxylic acids is 1. The predicted molar refractivity (Wildman–Crippen MR) is 86.3 cm³/mol. The molecule has 0 radical (unpaired) electrons. The maximum absolute atomic E-state index is 13.0. The normalized spacial score (nSPS) is 10.6. The zero-order chi connectivity index (χ0) is 15.7. The molecular weight excluding hydrogens is 349 g/mol. The van der Waals surface area contributed by atoms with Crippen LogP contribution in [0.1, 0.15) is 10.4 Å². The molecule has 0 fully saturated rings. The molecule has 1 amide bonds. The third kappa shape index (κ3) is 2.53. The monoisotopic (exact) mass is 359 g/mol. The lowest BCUT2D eigenvalue weighted by Crippen LogP contribution is -2.25. The Kier molecular flexibility index (Phi) is 3.77. The fraction of sp³-hybridized carbons (Fsp3) is 0. The fourth-order valence-electron chi connectivity index (χ4n) is 2.13. The Hall–Kier alpha value is -2.47. The largest absolute Gasteiger partial charge is 0.284 e. The maximum Gasteiger partial charge on any atom is 0.262 e. The predicted octanol–water partition coefficient (Wildman–Crippen LogP) is 4.03. The molecule has 1 aromatic carbocycles. The summed E-state index contributed by atoms with van der Waals surface area (Å²) in [7, 11) is 0. The van der Waals surface area contributed by atoms with Gasteiger partial charge in [-0.15, -0.1) is 0 Å². The summed E-state index contributed by atoms with van der Waals surface area (Å²) < 4.78 is 15.5. The van der Waals surface area contributed by atoms with E-state index in [2.05, 4.69) is 27.6 Å². The molecule has 0 aliphatic rings. The molecule has 4 nitrogen and oxygen atoms in total. The second kappa shape index (κ2) is 5.73. The van der Waals surface area contributed by atoms with Gasteiger partial charge in [-0.25, -0.2) is 8.91 Å². The standard InChI is InChI=1S/C16H11BrFN3O/c1-2-20(13-5-3-12(18)4-6-13)16(22)11-7-8-21-15(9-11)14(17)10-19-21/h2-10H,1H2. The lowest BCUT2D eigenvalue weighted by molar-refractivity contribution is 0.0997. The lowest BCUT2D eigenvalue weighted by atomic mass is 10.2. The van der Waals surface area contributed by atoms with Crippen molar-refractivity contribution in [3.8, 4) is 0 Å². The number of anilines is 1. The van der Waals surface area contributed by atoms with Gasteiger partial charge in [-0.3, -0.25) is 9.69 Å². The number of carbonyl (C=O) groups is 1. The van der Waals surface area contributed by atoms with Gasteiger partial charge < -0.3 is 0 Å². The summed E-state index contributed by atoms with van der Waals surface area (Å²) in [6.07, 6.45) is 4.78. The average Bonchev–Trinajstić information content (AvgIpc) is 2.90. The molecule has 0 spiro atoms. The minimum atomic E-state index is -0.357. The molecule has 0 N–H and O–H groups in total. The highest BCUT2D eigenvalue weighted by atomic mass is 79.9. The topological polar surface area (TPSA) is 37.6 Å². The van der Waals surface area contributed by atoms with Gasteiger partial charge in [-0.05, 0) is 52.3 Å². The smallest absolute Gasteiger partial charge is 0.262 e. The summed E-state index contributed by atoms with van der Waals surface area (Å²) in [5.41, 5.74) is 1.82. The molecule has 0 unspecified atom stereocenters. The summed E-state index contributed by atoms with van der Waals surface area (Å²) in [5, 5.41) is 4.13. The van der Waals surface area contributed by atoms with Crippen molar-refractivity contribution in [2.45, 2.75) is 0 Å². The first-order valence-electron chi connectivity index (χ1n) is 6.45.